The van der Waals surface area contributed by atoms with E-state index in [-0.39, 0.29) is 30.2 Å². The van der Waals surface area contributed by atoms with Crippen molar-refractivity contribution in [1.82, 2.24) is 0 Å². The van der Waals surface area contributed by atoms with Crippen molar-refractivity contribution in [3.63, 3.8) is 0 Å². The molecule has 1 aromatic rings. The molecule has 0 aliphatic carbocycles. The number of hydrogen-bond acceptors (Lipinski definition) is 12. The first-order valence-corrected chi connectivity index (χ1v) is 17.2. The number of ether oxygens (including phenoxy) is 8. The summed E-state index contributed by atoms with van der Waals surface area (Å²) in [6.07, 6.45) is -5.37. The van der Waals surface area contributed by atoms with E-state index in [1.807, 2.05) is 58.0 Å². The second kappa shape index (κ2) is 11.2. The van der Waals surface area contributed by atoms with Crippen LogP contribution in [0.4, 0.5) is 0 Å². The third-order valence-corrected chi connectivity index (χ3v) is 11.4. The molecule has 0 aromatic heterocycles. The fraction of sp³-hybridized carbons (Fsp3) is 0.786. The second-order valence-electron chi connectivity index (χ2n) is 12.7. The number of benzene rings is 1. The molecule has 0 radical (unpaired) electrons. The van der Waals surface area contributed by atoms with Crippen LogP contribution in [0.2, 0.25) is 0 Å². The van der Waals surface area contributed by atoms with E-state index < -0.39 is 69.4 Å². The fourth-order valence-corrected chi connectivity index (χ4v) is 10.1. The maximum absolute atomic E-state index is 12.1. The molecule has 5 aliphatic rings. The van der Waals surface area contributed by atoms with E-state index in [0.29, 0.717) is 18.1 Å². The molecule has 12 nitrogen and oxygen atoms in total. The summed E-state index contributed by atoms with van der Waals surface area (Å²) in [6, 6.07) is 9.33. The molecule has 5 heterocycles. The highest BCUT2D eigenvalue weighted by Crippen LogP contribution is 2.45. The standard InChI is InChI=1S/C28H40O12S2/c1-26(2)32-12-17(36-26)21-22(40-42(29,30)31)19(34-25(35-21)16-10-8-7-9-11-16)14-41-15-20-23(39-28(5,6)38-20)24(41)18-13-33-27(3,4)37-18/h7-11,17-25H,12-15H2,1-6H3/t17-,18-,19+,20-,21-,22-,23-,24+,25?,41?/m1/s1. The summed E-state index contributed by atoms with van der Waals surface area (Å²) in [5.41, 5.74) is 0.736. The minimum absolute atomic E-state index is 0.117. The molecule has 0 N–H and O–H groups in total. The van der Waals surface area contributed by atoms with Gasteiger partial charge in [0.1, 0.15) is 54.2 Å². The van der Waals surface area contributed by atoms with Crippen molar-refractivity contribution in [3.8, 4) is 0 Å². The average molecular weight is 633 g/mol. The van der Waals surface area contributed by atoms with Crippen LogP contribution < -0.4 is 0 Å². The van der Waals surface area contributed by atoms with Gasteiger partial charge in [-0.1, -0.05) is 30.3 Å². The van der Waals surface area contributed by atoms with Crippen molar-refractivity contribution in [2.24, 2.45) is 0 Å². The Hall–Kier alpha value is -0.880. The molecule has 6 rings (SSSR count). The summed E-state index contributed by atoms with van der Waals surface area (Å²) in [4.78, 5) is 0. The Bertz CT molecular complexity index is 1220. The Morgan fingerprint density at radius 2 is 1.45 bits per heavy atom. The first-order chi connectivity index (χ1) is 19.6. The van der Waals surface area contributed by atoms with E-state index in [1.165, 1.54) is 0 Å². The molecule has 0 bridgehead atoms. The van der Waals surface area contributed by atoms with Gasteiger partial charge >= 0.3 is 0 Å². The van der Waals surface area contributed by atoms with Crippen molar-refractivity contribution in [2.45, 2.75) is 113 Å². The summed E-state index contributed by atoms with van der Waals surface area (Å²) in [6.45, 7) is 11.6. The molecule has 5 saturated heterocycles. The van der Waals surface area contributed by atoms with E-state index in [2.05, 4.69) is 0 Å². The number of hydrogen-bond donors (Lipinski definition) is 0. The van der Waals surface area contributed by atoms with Gasteiger partial charge in [-0.15, -0.1) is 0 Å². The van der Waals surface area contributed by atoms with Crippen LogP contribution in [-0.2, 0) is 63.4 Å². The minimum atomic E-state index is -5.14. The number of rotatable bonds is 7. The van der Waals surface area contributed by atoms with Gasteiger partial charge in [0, 0.05) is 16.5 Å². The second-order valence-corrected chi connectivity index (χ2v) is 16.0. The van der Waals surface area contributed by atoms with Gasteiger partial charge in [0.15, 0.2) is 28.9 Å². The fourth-order valence-electron chi connectivity index (χ4n) is 6.51. The van der Waals surface area contributed by atoms with Crippen molar-refractivity contribution in [3.05, 3.63) is 35.9 Å². The molecule has 42 heavy (non-hydrogen) atoms. The summed E-state index contributed by atoms with van der Waals surface area (Å²) in [5.74, 6) is -1.42. The van der Waals surface area contributed by atoms with Gasteiger partial charge in [-0.25, -0.2) is 8.42 Å². The van der Waals surface area contributed by atoms with Gasteiger partial charge in [0.2, 0.25) is 10.4 Å². The Kier molecular flexibility index (Phi) is 8.28. The summed E-state index contributed by atoms with van der Waals surface area (Å²) >= 11 is 0. The third kappa shape index (κ3) is 6.70. The largest absolute Gasteiger partial charge is 0.726 e. The molecule has 0 saturated carbocycles. The lowest BCUT2D eigenvalue weighted by molar-refractivity contribution is -0.299. The predicted molar refractivity (Wildman–Crippen MR) is 148 cm³/mol. The van der Waals surface area contributed by atoms with Gasteiger partial charge in [0.25, 0.3) is 0 Å². The zero-order valence-corrected chi connectivity index (χ0v) is 26.3. The lowest BCUT2D eigenvalue weighted by Gasteiger charge is -2.43. The normalized spacial score (nSPS) is 42.5. The Balaban J connectivity index is 1.33. The lowest BCUT2D eigenvalue weighted by atomic mass is 10.0. The Labute approximate surface area is 249 Å². The van der Waals surface area contributed by atoms with Crippen LogP contribution in [0.5, 0.6) is 0 Å². The van der Waals surface area contributed by atoms with Gasteiger partial charge in [-0.05, 0) is 41.5 Å². The van der Waals surface area contributed by atoms with Gasteiger partial charge in [-0.3, -0.25) is 4.18 Å². The highest BCUT2D eigenvalue weighted by molar-refractivity contribution is 7.97. The van der Waals surface area contributed by atoms with Crippen LogP contribution >= 0.6 is 0 Å². The van der Waals surface area contributed by atoms with Gasteiger partial charge in [-0.2, -0.15) is 0 Å². The zero-order valence-electron chi connectivity index (χ0n) is 24.6. The van der Waals surface area contributed by atoms with E-state index >= 15 is 0 Å². The third-order valence-electron chi connectivity index (χ3n) is 8.05. The minimum Gasteiger partial charge on any atom is -0.726 e. The molecule has 0 spiro atoms. The van der Waals surface area contributed by atoms with Crippen LogP contribution in [0, 0.1) is 0 Å². The molecule has 14 heteroatoms. The van der Waals surface area contributed by atoms with E-state index in [1.54, 1.807) is 13.8 Å². The molecular formula is C28H40O12S2. The van der Waals surface area contributed by atoms with Crippen LogP contribution in [0.15, 0.2) is 30.3 Å². The Morgan fingerprint density at radius 1 is 0.833 bits per heavy atom. The molecule has 5 aliphatic heterocycles. The van der Waals surface area contributed by atoms with Gasteiger partial charge < -0.3 is 42.4 Å². The lowest BCUT2D eigenvalue weighted by Crippen LogP contribution is -2.58. The maximum Gasteiger partial charge on any atom is 0.218 e. The molecule has 236 valence electrons. The maximum atomic E-state index is 12.1. The highest BCUT2D eigenvalue weighted by Gasteiger charge is 2.65. The van der Waals surface area contributed by atoms with Crippen molar-refractivity contribution < 1.29 is 55.0 Å². The quantitative estimate of drug-likeness (QED) is 0.247. The monoisotopic (exact) mass is 632 g/mol. The van der Waals surface area contributed by atoms with Crippen molar-refractivity contribution >= 4 is 21.3 Å². The summed E-state index contributed by atoms with van der Waals surface area (Å²) < 4.78 is 90.9. The number of fused-ring (bicyclic) bond motifs is 1. The first-order valence-electron chi connectivity index (χ1n) is 14.2. The van der Waals surface area contributed by atoms with E-state index in [0.717, 1.165) is 5.56 Å². The van der Waals surface area contributed by atoms with E-state index in [9.17, 15) is 13.0 Å². The first kappa shape index (κ1) is 31.1. The zero-order chi connectivity index (χ0) is 30.1. The molecule has 5 fully saturated rings. The SMILES string of the molecule is CC1(C)OC[C@H]([C@H]2OC(c3ccccc3)O[C@@H](C[S+]3C[C@H]4OC(C)(C)O[C@H]4[C@@H]3[C@H]3COC(C)(C)O3)[C@H]2OS(=O)(=O)[O-])O1. The smallest absolute Gasteiger partial charge is 0.218 e. The van der Waals surface area contributed by atoms with E-state index in [4.69, 9.17) is 42.1 Å². The van der Waals surface area contributed by atoms with Crippen molar-refractivity contribution in [2.75, 3.05) is 24.7 Å². The van der Waals surface area contributed by atoms with Crippen LogP contribution in [0.1, 0.15) is 53.4 Å². The topological polar surface area (TPSA) is 140 Å². The predicted octanol–water partition coefficient (Wildman–Crippen LogP) is 2.14. The Morgan fingerprint density at radius 3 is 2.05 bits per heavy atom. The van der Waals surface area contributed by atoms with Gasteiger partial charge in [0.05, 0.1) is 13.2 Å². The summed E-state index contributed by atoms with van der Waals surface area (Å²) in [5, 5.41) is -0.117. The molecular weight excluding hydrogens is 592 g/mol. The average Bonchev–Trinajstić information content (AvgIpc) is 3.59. The molecule has 0 amide bonds. The highest BCUT2D eigenvalue weighted by atomic mass is 32.3. The van der Waals surface area contributed by atoms with Crippen LogP contribution in [-0.4, -0.2) is 103 Å². The summed E-state index contributed by atoms with van der Waals surface area (Å²) in [7, 11) is -5.60. The van der Waals surface area contributed by atoms with Crippen molar-refractivity contribution in [1.29, 1.82) is 0 Å². The van der Waals surface area contributed by atoms with Crippen LogP contribution in [0.25, 0.3) is 0 Å². The molecule has 1 aromatic carbocycles. The van der Waals surface area contributed by atoms with Crippen LogP contribution in [0.3, 0.4) is 0 Å². The molecule has 10 atom stereocenters. The molecule has 2 unspecified atom stereocenters.